The van der Waals surface area contributed by atoms with E-state index in [4.69, 9.17) is 0 Å². The molecular formula is C10H13F3N2O. The predicted molar refractivity (Wildman–Crippen MR) is 49.5 cm³/mol. The molecule has 1 saturated heterocycles. The maximum absolute atomic E-state index is 12.6. The third kappa shape index (κ3) is 1.35. The summed E-state index contributed by atoms with van der Waals surface area (Å²) in [4.78, 5) is 11.7. The summed E-state index contributed by atoms with van der Waals surface area (Å²) in [5.74, 6) is -0.0412. The molecule has 0 aromatic heterocycles. The molecule has 0 spiro atoms. The van der Waals surface area contributed by atoms with Gasteiger partial charge in [-0.15, -0.1) is 0 Å². The molecule has 1 unspecified atom stereocenters. The average Bonchev–Trinajstić information content (AvgIpc) is 3.04. The maximum Gasteiger partial charge on any atom is 0.411 e. The van der Waals surface area contributed by atoms with E-state index >= 15 is 0 Å². The van der Waals surface area contributed by atoms with Gasteiger partial charge in [-0.05, 0) is 37.8 Å². The van der Waals surface area contributed by atoms with E-state index in [0.29, 0.717) is 0 Å². The van der Waals surface area contributed by atoms with Crippen LogP contribution in [0.1, 0.15) is 12.8 Å². The second kappa shape index (κ2) is 2.91. The molecule has 2 aliphatic carbocycles. The van der Waals surface area contributed by atoms with Crippen LogP contribution in [0.15, 0.2) is 0 Å². The van der Waals surface area contributed by atoms with Gasteiger partial charge in [0.05, 0.1) is 0 Å². The minimum atomic E-state index is -4.30. The van der Waals surface area contributed by atoms with Crippen molar-refractivity contribution in [3.8, 4) is 0 Å². The molecule has 2 N–H and O–H groups in total. The van der Waals surface area contributed by atoms with E-state index in [9.17, 15) is 18.0 Å². The van der Waals surface area contributed by atoms with Gasteiger partial charge in [0, 0.05) is 5.92 Å². The fraction of sp³-hybridized carbons (Fsp3) is 0.900. The molecular weight excluding hydrogens is 221 g/mol. The number of piperidine rings is 1. The van der Waals surface area contributed by atoms with Gasteiger partial charge in [-0.1, -0.05) is 0 Å². The van der Waals surface area contributed by atoms with E-state index in [-0.39, 0.29) is 30.6 Å². The van der Waals surface area contributed by atoms with Crippen molar-refractivity contribution in [1.82, 2.24) is 10.6 Å². The Morgan fingerprint density at radius 2 is 1.81 bits per heavy atom. The maximum atomic E-state index is 12.6. The Kier molecular flexibility index (Phi) is 1.89. The van der Waals surface area contributed by atoms with Gasteiger partial charge in [0.15, 0.2) is 0 Å². The Balaban J connectivity index is 1.62. The number of nitrogens with one attached hydrogen (secondary N) is 2. The van der Waals surface area contributed by atoms with Crippen LogP contribution in [0.3, 0.4) is 0 Å². The highest BCUT2D eigenvalue weighted by molar-refractivity contribution is 5.83. The van der Waals surface area contributed by atoms with Crippen molar-refractivity contribution in [3.05, 3.63) is 0 Å². The van der Waals surface area contributed by atoms with E-state index in [1.807, 2.05) is 0 Å². The Hall–Kier alpha value is -0.780. The highest BCUT2D eigenvalue weighted by Crippen LogP contribution is 2.52. The fourth-order valence-corrected chi connectivity index (χ4v) is 2.73. The molecule has 1 amide bonds. The molecule has 3 fully saturated rings. The van der Waals surface area contributed by atoms with Gasteiger partial charge in [0.2, 0.25) is 5.91 Å². The third-order valence-electron chi connectivity index (χ3n) is 4.05. The molecule has 3 rings (SSSR count). The molecule has 0 bridgehead atoms. The van der Waals surface area contributed by atoms with E-state index in [0.717, 1.165) is 13.1 Å². The lowest BCUT2D eigenvalue weighted by Crippen LogP contribution is -2.49. The molecule has 16 heavy (non-hydrogen) atoms. The summed E-state index contributed by atoms with van der Waals surface area (Å²) in [5.41, 5.74) is -1.89. The molecule has 3 nitrogen and oxygen atoms in total. The Bertz CT molecular complexity index is 327. The zero-order chi connectivity index (χ0) is 11.6. The second-order valence-corrected chi connectivity index (χ2v) is 5.08. The standard InChI is InChI=1S/C10H13F3N2O/c11-10(12,13)9(1-2-9)15-8(16)7-5-3-14-4-6(5)7/h5-7,14H,1-4H2,(H,15,16)/t5-,6+,7?. The first-order chi connectivity index (χ1) is 7.45. The van der Waals surface area contributed by atoms with Gasteiger partial charge >= 0.3 is 6.18 Å². The number of halogens is 3. The first-order valence-electron chi connectivity index (χ1n) is 5.54. The van der Waals surface area contributed by atoms with Crippen molar-refractivity contribution < 1.29 is 18.0 Å². The lowest BCUT2D eigenvalue weighted by atomic mass is 10.2. The van der Waals surface area contributed by atoms with Gasteiger partial charge in [0.25, 0.3) is 0 Å². The van der Waals surface area contributed by atoms with Crippen molar-refractivity contribution in [1.29, 1.82) is 0 Å². The zero-order valence-electron chi connectivity index (χ0n) is 8.60. The number of alkyl halides is 3. The summed E-state index contributed by atoms with van der Waals surface area (Å²) >= 11 is 0. The van der Waals surface area contributed by atoms with Crippen LogP contribution in [0.5, 0.6) is 0 Å². The summed E-state index contributed by atoms with van der Waals surface area (Å²) in [6, 6.07) is 0. The molecule has 0 aromatic rings. The number of carbonyl (C=O) groups is 1. The normalized spacial score (nSPS) is 39.1. The Morgan fingerprint density at radius 1 is 1.25 bits per heavy atom. The van der Waals surface area contributed by atoms with Crippen LogP contribution in [-0.4, -0.2) is 30.7 Å². The van der Waals surface area contributed by atoms with Crippen molar-refractivity contribution in [2.45, 2.75) is 24.6 Å². The van der Waals surface area contributed by atoms with E-state index in [2.05, 4.69) is 10.6 Å². The van der Waals surface area contributed by atoms with Crippen LogP contribution in [0, 0.1) is 17.8 Å². The monoisotopic (exact) mass is 234 g/mol. The van der Waals surface area contributed by atoms with Crippen molar-refractivity contribution in [2.24, 2.45) is 17.8 Å². The number of rotatable bonds is 2. The summed E-state index contributed by atoms with van der Waals surface area (Å²) in [7, 11) is 0. The first-order valence-corrected chi connectivity index (χ1v) is 5.54. The smallest absolute Gasteiger partial charge is 0.342 e. The third-order valence-corrected chi connectivity index (χ3v) is 4.05. The fourth-order valence-electron chi connectivity index (χ4n) is 2.73. The highest BCUT2D eigenvalue weighted by Gasteiger charge is 2.66. The van der Waals surface area contributed by atoms with Crippen molar-refractivity contribution in [3.63, 3.8) is 0 Å². The van der Waals surface area contributed by atoms with Gasteiger partial charge in [-0.3, -0.25) is 4.79 Å². The van der Waals surface area contributed by atoms with E-state index in [1.165, 1.54) is 0 Å². The lowest BCUT2D eigenvalue weighted by Gasteiger charge is -2.21. The first kappa shape index (κ1) is 10.4. The Morgan fingerprint density at radius 3 is 2.25 bits per heavy atom. The van der Waals surface area contributed by atoms with Crippen LogP contribution in [-0.2, 0) is 4.79 Å². The number of fused-ring (bicyclic) bond motifs is 1. The number of amides is 1. The van der Waals surface area contributed by atoms with Crippen molar-refractivity contribution in [2.75, 3.05) is 13.1 Å². The van der Waals surface area contributed by atoms with Gasteiger partial charge in [-0.2, -0.15) is 13.2 Å². The molecule has 90 valence electrons. The molecule has 6 heteroatoms. The summed E-state index contributed by atoms with van der Waals surface area (Å²) in [5, 5.41) is 5.32. The topological polar surface area (TPSA) is 41.1 Å². The van der Waals surface area contributed by atoms with Crippen LogP contribution in [0.4, 0.5) is 13.2 Å². The zero-order valence-corrected chi connectivity index (χ0v) is 8.60. The van der Waals surface area contributed by atoms with Crippen LogP contribution < -0.4 is 10.6 Å². The van der Waals surface area contributed by atoms with Crippen LogP contribution in [0.25, 0.3) is 0 Å². The summed E-state index contributed by atoms with van der Waals surface area (Å²) < 4.78 is 37.8. The Labute approximate surface area is 90.8 Å². The SMILES string of the molecule is O=C(NC1(C(F)(F)F)CC1)C1[C@H]2CNC[C@@H]12. The van der Waals surface area contributed by atoms with Gasteiger partial charge in [-0.25, -0.2) is 0 Å². The van der Waals surface area contributed by atoms with Gasteiger partial charge in [0.1, 0.15) is 5.54 Å². The minimum absolute atomic E-state index is 0.0303. The largest absolute Gasteiger partial charge is 0.411 e. The molecule has 3 aliphatic rings. The van der Waals surface area contributed by atoms with Crippen LogP contribution in [0.2, 0.25) is 0 Å². The quantitative estimate of drug-likeness (QED) is 0.737. The number of carbonyl (C=O) groups excluding carboxylic acids is 1. The molecule has 2 saturated carbocycles. The van der Waals surface area contributed by atoms with Gasteiger partial charge < -0.3 is 10.6 Å². The lowest BCUT2D eigenvalue weighted by molar-refractivity contribution is -0.170. The van der Waals surface area contributed by atoms with Crippen molar-refractivity contribution >= 4 is 5.91 Å². The number of hydrogen-bond donors (Lipinski definition) is 2. The van der Waals surface area contributed by atoms with E-state index in [1.54, 1.807) is 0 Å². The number of hydrogen-bond acceptors (Lipinski definition) is 2. The molecule has 0 aromatic carbocycles. The van der Waals surface area contributed by atoms with Crippen LogP contribution >= 0.6 is 0 Å². The summed E-state index contributed by atoms with van der Waals surface area (Å²) in [6.07, 6.45) is -4.24. The van der Waals surface area contributed by atoms with E-state index < -0.39 is 17.6 Å². The molecule has 0 radical (unpaired) electrons. The second-order valence-electron chi connectivity index (χ2n) is 5.08. The molecule has 1 heterocycles. The highest BCUT2D eigenvalue weighted by atomic mass is 19.4. The summed E-state index contributed by atoms with van der Waals surface area (Å²) in [6.45, 7) is 1.53. The molecule has 3 atom stereocenters. The predicted octanol–water partition coefficient (Wildman–Crippen LogP) is 0.663. The minimum Gasteiger partial charge on any atom is -0.342 e. The average molecular weight is 234 g/mol. The molecule has 1 aliphatic heterocycles.